The minimum absolute atomic E-state index is 0.159. The fourth-order valence-corrected chi connectivity index (χ4v) is 4.16. The number of aromatic nitrogens is 2. The molecule has 2 aromatic heterocycles. The van der Waals surface area contributed by atoms with Crippen LogP contribution in [0.3, 0.4) is 0 Å². The van der Waals surface area contributed by atoms with E-state index in [2.05, 4.69) is 15.7 Å². The first-order valence-corrected chi connectivity index (χ1v) is 11.8. The zero-order valence-electron chi connectivity index (χ0n) is 19.0. The summed E-state index contributed by atoms with van der Waals surface area (Å²) in [4.78, 5) is 26.9. The Balaban J connectivity index is 1.76. The molecule has 0 spiro atoms. The zero-order chi connectivity index (χ0) is 26.6. The Labute approximate surface area is 211 Å². The molecule has 37 heavy (non-hydrogen) atoms. The van der Waals surface area contributed by atoms with Crippen LogP contribution in [0.4, 0.5) is 27.6 Å². The van der Waals surface area contributed by atoms with Crippen LogP contribution in [-0.2, 0) is 25.8 Å². The Bertz CT molecular complexity index is 1430. The Morgan fingerprint density at radius 1 is 0.919 bits per heavy atom. The Hall–Kier alpha value is -4.06. The van der Waals surface area contributed by atoms with Gasteiger partial charge < -0.3 is 10.6 Å². The van der Waals surface area contributed by atoms with E-state index in [0.717, 1.165) is 24.3 Å². The van der Waals surface area contributed by atoms with Crippen molar-refractivity contribution in [3.05, 3.63) is 115 Å². The van der Waals surface area contributed by atoms with Gasteiger partial charge in [-0.25, -0.2) is 13.5 Å². The molecule has 1 amide bonds. The first-order chi connectivity index (χ1) is 17.6. The van der Waals surface area contributed by atoms with Crippen molar-refractivity contribution in [3.8, 4) is 0 Å². The van der Waals surface area contributed by atoms with Gasteiger partial charge >= 0.3 is 6.18 Å². The van der Waals surface area contributed by atoms with Crippen LogP contribution in [-0.4, -0.2) is 15.7 Å². The topological polar surface area (TPSA) is 76.0 Å². The fourth-order valence-electron chi connectivity index (χ4n) is 3.48. The fraction of sp³-hybridized carbons (Fsp3) is 0.160. The third-order valence-corrected chi connectivity index (χ3v) is 6.15. The number of halogens is 5. The van der Waals surface area contributed by atoms with Gasteiger partial charge in [-0.05, 0) is 46.8 Å². The minimum Gasteiger partial charge on any atom is -0.376 e. The summed E-state index contributed by atoms with van der Waals surface area (Å²) in [5.74, 6) is -2.21. The van der Waals surface area contributed by atoms with Crippen molar-refractivity contribution in [2.45, 2.75) is 25.8 Å². The zero-order valence-corrected chi connectivity index (χ0v) is 19.8. The van der Waals surface area contributed by atoms with Gasteiger partial charge in [-0.3, -0.25) is 9.59 Å². The second kappa shape index (κ2) is 10.9. The van der Waals surface area contributed by atoms with E-state index in [9.17, 15) is 31.5 Å². The quantitative estimate of drug-likeness (QED) is 0.305. The molecule has 2 heterocycles. The highest BCUT2D eigenvalue weighted by molar-refractivity contribution is 7.09. The second-order valence-electron chi connectivity index (χ2n) is 7.93. The summed E-state index contributed by atoms with van der Waals surface area (Å²) in [6.07, 6.45) is -5.07. The van der Waals surface area contributed by atoms with E-state index in [1.54, 1.807) is 17.5 Å². The van der Waals surface area contributed by atoms with E-state index >= 15 is 0 Å². The molecule has 0 atom stereocenters. The molecule has 0 aliphatic heterocycles. The molecule has 0 fully saturated rings. The highest BCUT2D eigenvalue weighted by atomic mass is 32.1. The van der Waals surface area contributed by atoms with Gasteiger partial charge in [0.15, 0.2) is 5.69 Å². The SMILES string of the molecule is O=C(NCc1ccc(F)cc1)c1c(C(F)(F)F)nn(Cc2cccs2)c(=O)c1NCc1ccc(F)cc1. The summed E-state index contributed by atoms with van der Waals surface area (Å²) in [5.41, 5.74) is -3.14. The molecule has 0 radical (unpaired) electrons. The number of carbonyl (C=O) groups is 1. The molecule has 6 nitrogen and oxygen atoms in total. The molecule has 0 unspecified atom stereocenters. The smallest absolute Gasteiger partial charge is 0.376 e. The van der Waals surface area contributed by atoms with E-state index in [1.165, 1.54) is 35.6 Å². The van der Waals surface area contributed by atoms with Gasteiger partial charge in [0.1, 0.15) is 22.9 Å². The summed E-state index contributed by atoms with van der Waals surface area (Å²) >= 11 is 1.23. The molecule has 12 heteroatoms. The van der Waals surface area contributed by atoms with E-state index in [4.69, 9.17) is 0 Å². The van der Waals surface area contributed by atoms with Crippen molar-refractivity contribution in [3.63, 3.8) is 0 Å². The third-order valence-electron chi connectivity index (χ3n) is 5.29. The molecule has 192 valence electrons. The van der Waals surface area contributed by atoms with Gasteiger partial charge in [-0.15, -0.1) is 11.3 Å². The van der Waals surface area contributed by atoms with Gasteiger partial charge in [0.2, 0.25) is 0 Å². The third kappa shape index (κ3) is 6.39. The summed E-state index contributed by atoms with van der Waals surface area (Å²) in [5, 5.41) is 10.2. The first kappa shape index (κ1) is 26.0. The van der Waals surface area contributed by atoms with E-state index in [0.29, 0.717) is 20.7 Å². The highest BCUT2D eigenvalue weighted by Crippen LogP contribution is 2.32. The lowest BCUT2D eigenvalue weighted by molar-refractivity contribution is -0.142. The van der Waals surface area contributed by atoms with Crippen molar-refractivity contribution in [1.29, 1.82) is 0 Å². The molecule has 0 saturated heterocycles. The molecule has 0 bridgehead atoms. The van der Waals surface area contributed by atoms with E-state index < -0.39 is 46.2 Å². The summed E-state index contributed by atoms with van der Waals surface area (Å²) in [6.45, 7) is -0.609. The maximum Gasteiger partial charge on any atom is 0.436 e. The molecular weight excluding hydrogens is 515 g/mol. The number of hydrogen-bond acceptors (Lipinski definition) is 5. The Morgan fingerprint density at radius 2 is 1.51 bits per heavy atom. The van der Waals surface area contributed by atoms with Crippen LogP contribution in [0.15, 0.2) is 70.8 Å². The van der Waals surface area contributed by atoms with Crippen LogP contribution in [0.2, 0.25) is 0 Å². The molecule has 2 aromatic carbocycles. The number of carbonyl (C=O) groups excluding carboxylic acids is 1. The number of rotatable bonds is 8. The summed E-state index contributed by atoms with van der Waals surface area (Å²) in [7, 11) is 0. The van der Waals surface area contributed by atoms with Crippen LogP contribution < -0.4 is 16.2 Å². The Kier molecular flexibility index (Phi) is 7.67. The standard InChI is InChI=1S/C25H19F5N4O2S/c26-17-7-3-15(4-8-17)12-31-21-20(23(35)32-13-16-5-9-18(27)10-6-16)22(25(28,29)30)33-34(24(21)36)14-19-2-1-11-37-19/h1-11,31H,12-14H2,(H,32,35). The van der Waals surface area contributed by atoms with Crippen LogP contribution >= 0.6 is 11.3 Å². The average Bonchev–Trinajstić information content (AvgIpc) is 3.37. The number of amides is 1. The van der Waals surface area contributed by atoms with Gasteiger partial charge in [0.25, 0.3) is 11.5 Å². The van der Waals surface area contributed by atoms with Gasteiger partial charge in [-0.2, -0.15) is 18.3 Å². The molecular formula is C25H19F5N4O2S. The second-order valence-corrected chi connectivity index (χ2v) is 8.96. The lowest BCUT2D eigenvalue weighted by atomic mass is 10.1. The monoisotopic (exact) mass is 534 g/mol. The number of alkyl halides is 3. The molecule has 2 N–H and O–H groups in total. The number of hydrogen-bond donors (Lipinski definition) is 2. The summed E-state index contributed by atoms with van der Waals surface area (Å²) in [6, 6.07) is 13.5. The summed E-state index contributed by atoms with van der Waals surface area (Å²) < 4.78 is 69.5. The van der Waals surface area contributed by atoms with Crippen molar-refractivity contribution in [2.24, 2.45) is 0 Å². The van der Waals surface area contributed by atoms with E-state index in [1.807, 2.05) is 0 Å². The predicted molar refractivity (Wildman–Crippen MR) is 128 cm³/mol. The largest absolute Gasteiger partial charge is 0.436 e. The van der Waals surface area contributed by atoms with Crippen LogP contribution in [0.5, 0.6) is 0 Å². The number of thiophene rings is 1. The average molecular weight is 535 g/mol. The van der Waals surface area contributed by atoms with Gasteiger partial charge in [0.05, 0.1) is 6.54 Å². The molecule has 0 aliphatic rings. The minimum atomic E-state index is -5.07. The van der Waals surface area contributed by atoms with Gasteiger partial charge in [0, 0.05) is 18.0 Å². The molecule has 0 saturated carbocycles. The number of nitrogens with zero attached hydrogens (tertiary/aromatic N) is 2. The van der Waals surface area contributed by atoms with Crippen molar-refractivity contribution in [1.82, 2.24) is 15.1 Å². The van der Waals surface area contributed by atoms with Crippen LogP contribution in [0, 0.1) is 11.6 Å². The number of benzene rings is 2. The maximum atomic E-state index is 14.1. The predicted octanol–water partition coefficient (Wildman–Crippen LogP) is 5.19. The Morgan fingerprint density at radius 3 is 2.05 bits per heavy atom. The van der Waals surface area contributed by atoms with Crippen LogP contribution in [0.1, 0.15) is 32.1 Å². The lowest BCUT2D eigenvalue weighted by Gasteiger charge is -2.19. The lowest BCUT2D eigenvalue weighted by Crippen LogP contribution is -2.36. The highest BCUT2D eigenvalue weighted by Gasteiger charge is 2.41. The number of nitrogens with one attached hydrogen (secondary N) is 2. The van der Waals surface area contributed by atoms with E-state index in [-0.39, 0.29) is 19.6 Å². The van der Waals surface area contributed by atoms with Crippen LogP contribution in [0.25, 0.3) is 0 Å². The molecule has 0 aliphatic carbocycles. The maximum absolute atomic E-state index is 14.1. The van der Waals surface area contributed by atoms with Gasteiger partial charge in [-0.1, -0.05) is 30.3 Å². The molecule has 4 aromatic rings. The number of anilines is 1. The van der Waals surface area contributed by atoms with Crippen molar-refractivity contribution in [2.75, 3.05) is 5.32 Å². The van der Waals surface area contributed by atoms with Crippen molar-refractivity contribution < 1.29 is 26.7 Å². The van der Waals surface area contributed by atoms with Crippen molar-refractivity contribution >= 4 is 22.9 Å². The molecule has 4 rings (SSSR count). The normalized spacial score (nSPS) is 11.4. The first-order valence-electron chi connectivity index (χ1n) is 10.9.